The molecule has 354 valence electrons. The number of carbonyl (C=O) groups is 3. The molecule has 0 heterocycles. The van der Waals surface area contributed by atoms with Crippen molar-refractivity contribution in [3.63, 3.8) is 0 Å². The standard InChI is InChI=1S/C54H102O6/c1-4-7-10-13-21-30-39-48(41-32-23-16-18-27-36-45-52(55)56)50(43-34-25-15-12-9-6-3)51(44-35-26-20-29-38-47-54(59)60)49(40-31-22-14-11-8-5-2)42-33-24-17-19-28-37-46-53(57)58/h41,49-51H,4-40,42-47H2,1-3H3,(H,55,56)(H,57,58)(H,59,60)/b48-41-. The number of carboxylic acids is 3. The minimum Gasteiger partial charge on any atom is -0.481 e. The lowest BCUT2D eigenvalue weighted by Crippen LogP contribution is -2.26. The van der Waals surface area contributed by atoms with Crippen LogP contribution in [-0.4, -0.2) is 33.2 Å². The zero-order valence-electron chi connectivity index (χ0n) is 40.3. The van der Waals surface area contributed by atoms with Gasteiger partial charge in [-0.25, -0.2) is 0 Å². The molecule has 0 bridgehead atoms. The van der Waals surface area contributed by atoms with Crippen molar-refractivity contribution >= 4 is 17.9 Å². The summed E-state index contributed by atoms with van der Waals surface area (Å²) in [5.74, 6) is 0.0657. The first-order valence-electron chi connectivity index (χ1n) is 26.6. The van der Waals surface area contributed by atoms with Gasteiger partial charge in [-0.05, 0) is 75.5 Å². The maximum Gasteiger partial charge on any atom is 0.303 e. The fourth-order valence-corrected chi connectivity index (χ4v) is 9.71. The summed E-state index contributed by atoms with van der Waals surface area (Å²) in [4.78, 5) is 33.2. The minimum absolute atomic E-state index is 0.289. The van der Waals surface area contributed by atoms with Gasteiger partial charge in [0.05, 0.1) is 0 Å². The largest absolute Gasteiger partial charge is 0.481 e. The second-order valence-corrected chi connectivity index (χ2v) is 18.9. The Kier molecular flexibility index (Phi) is 43.8. The van der Waals surface area contributed by atoms with Crippen molar-refractivity contribution in [3.05, 3.63) is 11.6 Å². The fourth-order valence-electron chi connectivity index (χ4n) is 9.71. The molecule has 0 fully saturated rings. The van der Waals surface area contributed by atoms with Crippen LogP contribution in [0.4, 0.5) is 0 Å². The molecule has 0 aromatic carbocycles. The van der Waals surface area contributed by atoms with Gasteiger partial charge in [0.1, 0.15) is 0 Å². The smallest absolute Gasteiger partial charge is 0.303 e. The third-order valence-electron chi connectivity index (χ3n) is 13.4. The van der Waals surface area contributed by atoms with E-state index in [2.05, 4.69) is 26.8 Å². The fraction of sp³-hybridized carbons (Fsp3) is 0.907. The summed E-state index contributed by atoms with van der Waals surface area (Å²) in [7, 11) is 0. The molecule has 0 saturated carbocycles. The highest BCUT2D eigenvalue weighted by Gasteiger charge is 2.31. The lowest BCUT2D eigenvalue weighted by molar-refractivity contribution is -0.138. The van der Waals surface area contributed by atoms with E-state index in [1.807, 2.05) is 0 Å². The molecule has 0 aromatic rings. The predicted octanol–water partition coefficient (Wildman–Crippen LogP) is 17.8. The van der Waals surface area contributed by atoms with E-state index < -0.39 is 17.9 Å². The van der Waals surface area contributed by atoms with Gasteiger partial charge in [-0.2, -0.15) is 0 Å². The molecular formula is C54H102O6. The van der Waals surface area contributed by atoms with E-state index in [1.54, 1.807) is 5.57 Å². The van der Waals surface area contributed by atoms with Crippen LogP contribution in [0.3, 0.4) is 0 Å². The molecule has 0 spiro atoms. The first-order valence-corrected chi connectivity index (χ1v) is 26.6. The van der Waals surface area contributed by atoms with Gasteiger partial charge in [0.15, 0.2) is 0 Å². The van der Waals surface area contributed by atoms with Gasteiger partial charge in [-0.1, -0.05) is 231 Å². The van der Waals surface area contributed by atoms with Gasteiger partial charge in [0, 0.05) is 19.3 Å². The molecule has 0 aliphatic heterocycles. The molecule has 3 N–H and O–H groups in total. The summed E-state index contributed by atoms with van der Waals surface area (Å²) in [5.41, 5.74) is 1.78. The molecule has 3 atom stereocenters. The lowest BCUT2D eigenvalue weighted by Gasteiger charge is -2.37. The third-order valence-corrected chi connectivity index (χ3v) is 13.4. The summed E-state index contributed by atoms with van der Waals surface area (Å²) in [6.45, 7) is 6.92. The van der Waals surface area contributed by atoms with Crippen LogP contribution in [0.15, 0.2) is 11.6 Å². The maximum absolute atomic E-state index is 11.2. The third kappa shape index (κ3) is 39.0. The molecule has 0 amide bonds. The average molecular weight is 847 g/mol. The van der Waals surface area contributed by atoms with Gasteiger partial charge < -0.3 is 15.3 Å². The molecule has 0 aliphatic carbocycles. The lowest BCUT2D eigenvalue weighted by atomic mass is 9.68. The van der Waals surface area contributed by atoms with Crippen molar-refractivity contribution in [2.24, 2.45) is 17.8 Å². The number of aliphatic carboxylic acids is 3. The molecule has 3 unspecified atom stereocenters. The van der Waals surface area contributed by atoms with Crippen LogP contribution in [0.2, 0.25) is 0 Å². The van der Waals surface area contributed by atoms with Crippen LogP contribution in [-0.2, 0) is 14.4 Å². The van der Waals surface area contributed by atoms with E-state index in [0.29, 0.717) is 24.7 Å². The van der Waals surface area contributed by atoms with Gasteiger partial charge >= 0.3 is 17.9 Å². The number of hydrogen-bond acceptors (Lipinski definition) is 3. The van der Waals surface area contributed by atoms with Crippen LogP contribution in [0.1, 0.15) is 297 Å². The number of rotatable bonds is 49. The van der Waals surface area contributed by atoms with E-state index >= 15 is 0 Å². The zero-order chi connectivity index (χ0) is 44.2. The van der Waals surface area contributed by atoms with Gasteiger partial charge in [-0.3, -0.25) is 14.4 Å². The molecular weight excluding hydrogens is 745 g/mol. The van der Waals surface area contributed by atoms with Gasteiger partial charge in [-0.15, -0.1) is 0 Å². The van der Waals surface area contributed by atoms with Crippen molar-refractivity contribution < 1.29 is 29.7 Å². The van der Waals surface area contributed by atoms with Crippen LogP contribution in [0.5, 0.6) is 0 Å². The molecule has 0 rings (SSSR count). The zero-order valence-corrected chi connectivity index (χ0v) is 40.3. The summed E-state index contributed by atoms with van der Waals surface area (Å²) in [6.07, 6.45) is 52.8. The Morgan fingerprint density at radius 1 is 0.350 bits per heavy atom. The van der Waals surface area contributed by atoms with Crippen molar-refractivity contribution in [2.75, 3.05) is 0 Å². The second-order valence-electron chi connectivity index (χ2n) is 18.9. The Hall–Kier alpha value is -1.85. The van der Waals surface area contributed by atoms with Crippen LogP contribution < -0.4 is 0 Å². The monoisotopic (exact) mass is 847 g/mol. The molecule has 60 heavy (non-hydrogen) atoms. The maximum atomic E-state index is 11.2. The first-order chi connectivity index (χ1) is 29.3. The number of unbranched alkanes of at least 4 members (excludes halogenated alkanes) is 29. The van der Waals surface area contributed by atoms with E-state index in [1.165, 1.54) is 193 Å². The predicted molar refractivity (Wildman–Crippen MR) is 257 cm³/mol. The number of hydrogen-bond donors (Lipinski definition) is 3. The van der Waals surface area contributed by atoms with Crippen LogP contribution in [0.25, 0.3) is 0 Å². The number of carboxylic acid groups (broad SMARTS) is 3. The Bertz CT molecular complexity index is 991. The van der Waals surface area contributed by atoms with E-state index in [0.717, 1.165) is 70.1 Å². The van der Waals surface area contributed by atoms with Crippen LogP contribution in [0, 0.1) is 17.8 Å². The summed E-state index contributed by atoms with van der Waals surface area (Å²) in [5, 5.41) is 27.4. The Morgan fingerprint density at radius 3 is 1.03 bits per heavy atom. The van der Waals surface area contributed by atoms with Crippen molar-refractivity contribution in [2.45, 2.75) is 297 Å². The van der Waals surface area contributed by atoms with Gasteiger partial charge in [0.2, 0.25) is 0 Å². The second kappa shape index (κ2) is 45.2. The number of allylic oxidation sites excluding steroid dienone is 2. The molecule has 0 aliphatic rings. The Labute approximate surface area is 372 Å². The average Bonchev–Trinajstić information content (AvgIpc) is 3.22. The van der Waals surface area contributed by atoms with E-state index in [4.69, 9.17) is 10.2 Å². The van der Waals surface area contributed by atoms with E-state index in [-0.39, 0.29) is 6.42 Å². The quantitative estimate of drug-likeness (QED) is 0.0415. The van der Waals surface area contributed by atoms with Crippen molar-refractivity contribution in [3.8, 4) is 0 Å². The first kappa shape index (κ1) is 58.1. The topological polar surface area (TPSA) is 112 Å². The van der Waals surface area contributed by atoms with E-state index in [9.17, 15) is 19.5 Å². The molecule has 0 saturated heterocycles. The normalized spacial score (nSPS) is 13.4. The highest BCUT2D eigenvalue weighted by atomic mass is 16.4. The van der Waals surface area contributed by atoms with Gasteiger partial charge in [0.25, 0.3) is 0 Å². The minimum atomic E-state index is -0.677. The van der Waals surface area contributed by atoms with Crippen molar-refractivity contribution in [1.82, 2.24) is 0 Å². The summed E-state index contributed by atoms with van der Waals surface area (Å²) in [6, 6.07) is 0. The summed E-state index contributed by atoms with van der Waals surface area (Å²) >= 11 is 0. The van der Waals surface area contributed by atoms with Crippen LogP contribution >= 0.6 is 0 Å². The SMILES string of the molecule is CCCCCCCC/C(=C/CCCCCCCC(=O)O)C(CCCCCCCC)C(CCCCCCCC(=O)O)C(CCCCCCCC)CCCCCCCCC(=O)O. The summed E-state index contributed by atoms with van der Waals surface area (Å²) < 4.78 is 0. The molecule has 6 heteroatoms. The molecule has 0 radical (unpaired) electrons. The molecule has 0 aromatic heterocycles. The highest BCUT2D eigenvalue weighted by molar-refractivity contribution is 5.67. The van der Waals surface area contributed by atoms with Crippen molar-refractivity contribution in [1.29, 1.82) is 0 Å². The Balaban J connectivity index is 6.50. The molecule has 6 nitrogen and oxygen atoms in total. The Morgan fingerprint density at radius 2 is 0.650 bits per heavy atom. The highest BCUT2D eigenvalue weighted by Crippen LogP contribution is 2.42.